The zero-order valence-electron chi connectivity index (χ0n) is 4.85. The van der Waals surface area contributed by atoms with Gasteiger partial charge in [-0.3, -0.25) is 0 Å². The molecule has 0 amide bonds. The zero-order valence-corrected chi connectivity index (χ0v) is 4.85. The van der Waals surface area contributed by atoms with Gasteiger partial charge in [-0.25, -0.2) is 0 Å². The van der Waals surface area contributed by atoms with Crippen molar-refractivity contribution in [2.75, 3.05) is 6.54 Å². The van der Waals surface area contributed by atoms with E-state index in [4.69, 9.17) is 5.73 Å². The first-order valence-electron chi connectivity index (χ1n) is 2.77. The molecule has 0 radical (unpaired) electrons. The molecular weight excluding hydrogens is 86.1 g/mol. The van der Waals surface area contributed by atoms with Crippen LogP contribution in [0.25, 0.3) is 0 Å². The van der Waals surface area contributed by atoms with Crippen molar-refractivity contribution < 1.29 is 0 Å². The van der Waals surface area contributed by atoms with Crippen LogP contribution in [0.2, 0.25) is 0 Å². The van der Waals surface area contributed by atoms with E-state index in [1.54, 1.807) is 0 Å². The summed E-state index contributed by atoms with van der Waals surface area (Å²) in [4.78, 5) is 0. The van der Waals surface area contributed by atoms with Crippen LogP contribution in [0.5, 0.6) is 0 Å². The fraction of sp³-hybridized carbons (Fsp3) is 0.667. The molecule has 0 aromatic rings. The Labute approximate surface area is 45.2 Å². The molecule has 0 saturated carbocycles. The van der Waals surface area contributed by atoms with Crippen LogP contribution in [0.15, 0.2) is 12.2 Å². The van der Waals surface area contributed by atoms with Gasteiger partial charge in [-0.2, -0.15) is 0 Å². The number of hydrogen-bond acceptors (Lipinski definition) is 1. The van der Waals surface area contributed by atoms with Crippen molar-refractivity contribution in [2.45, 2.75) is 19.8 Å². The molecule has 7 heavy (non-hydrogen) atoms. The summed E-state index contributed by atoms with van der Waals surface area (Å²) in [6.45, 7) is 2.89. The first-order valence-corrected chi connectivity index (χ1v) is 2.77. The lowest BCUT2D eigenvalue weighted by molar-refractivity contribution is 0.999. The Morgan fingerprint density at radius 3 is 2.57 bits per heavy atom. The van der Waals surface area contributed by atoms with E-state index in [1.807, 2.05) is 0 Å². The molecule has 0 aromatic carbocycles. The van der Waals surface area contributed by atoms with Gasteiger partial charge in [-0.05, 0) is 19.4 Å². The predicted octanol–water partition coefficient (Wildman–Crippen LogP) is 1.30. The fourth-order valence-corrected chi connectivity index (χ4v) is 0.381. The molecule has 0 rings (SSSR count). The van der Waals surface area contributed by atoms with Crippen molar-refractivity contribution >= 4 is 0 Å². The Kier molecular flexibility index (Phi) is 5.46. The molecule has 1 heteroatoms. The second-order valence-corrected chi connectivity index (χ2v) is 1.46. The summed E-state index contributed by atoms with van der Waals surface area (Å²) < 4.78 is 0. The van der Waals surface area contributed by atoms with E-state index in [2.05, 4.69) is 19.1 Å². The highest BCUT2D eigenvalue weighted by Gasteiger charge is 1.67. The lowest BCUT2D eigenvalue weighted by Gasteiger charge is -1.80. The third kappa shape index (κ3) is 5.70. The molecule has 0 fully saturated rings. The van der Waals surface area contributed by atoms with Crippen molar-refractivity contribution in [1.29, 1.82) is 0 Å². The van der Waals surface area contributed by atoms with E-state index in [-0.39, 0.29) is 0 Å². The lowest BCUT2D eigenvalue weighted by atomic mass is 10.3. The molecule has 0 bridgehead atoms. The van der Waals surface area contributed by atoms with Gasteiger partial charge in [0.1, 0.15) is 0 Å². The van der Waals surface area contributed by atoms with Crippen LogP contribution in [-0.2, 0) is 0 Å². The highest BCUT2D eigenvalue weighted by atomic mass is 14.5. The van der Waals surface area contributed by atoms with Crippen LogP contribution in [0.1, 0.15) is 19.8 Å². The van der Waals surface area contributed by atoms with Gasteiger partial charge in [0.05, 0.1) is 0 Å². The molecule has 0 atom stereocenters. The summed E-state index contributed by atoms with van der Waals surface area (Å²) in [6, 6.07) is 0. The number of nitrogens with two attached hydrogens (primary N) is 1. The predicted molar refractivity (Wildman–Crippen MR) is 33.1 cm³/mol. The van der Waals surface area contributed by atoms with Crippen molar-refractivity contribution in [2.24, 2.45) is 5.73 Å². The molecule has 0 heterocycles. The highest BCUT2D eigenvalue weighted by Crippen LogP contribution is 1.81. The Morgan fingerprint density at radius 1 is 1.43 bits per heavy atom. The summed E-state index contributed by atoms with van der Waals surface area (Å²) in [5.41, 5.74) is 5.22. The van der Waals surface area contributed by atoms with Crippen LogP contribution < -0.4 is 5.73 Å². The first kappa shape index (κ1) is 6.70. The minimum atomic E-state index is 0.774. The minimum Gasteiger partial charge on any atom is -0.330 e. The molecule has 1 nitrogen and oxygen atoms in total. The quantitative estimate of drug-likeness (QED) is 0.530. The van der Waals surface area contributed by atoms with Crippen LogP contribution in [0.3, 0.4) is 0 Å². The van der Waals surface area contributed by atoms with Crippen LogP contribution >= 0.6 is 0 Å². The molecule has 2 N–H and O–H groups in total. The molecule has 0 aliphatic heterocycles. The Morgan fingerprint density at radius 2 is 2.14 bits per heavy atom. The molecule has 0 unspecified atom stereocenters. The van der Waals surface area contributed by atoms with Gasteiger partial charge >= 0.3 is 0 Å². The number of rotatable bonds is 3. The Hall–Kier alpha value is -0.300. The second kappa shape index (κ2) is 5.70. The maximum absolute atomic E-state index is 5.22. The van der Waals surface area contributed by atoms with Gasteiger partial charge in [0.2, 0.25) is 0 Å². The van der Waals surface area contributed by atoms with Crippen LogP contribution in [-0.4, -0.2) is 6.54 Å². The van der Waals surface area contributed by atoms with E-state index < -0.39 is 0 Å². The molecule has 0 saturated heterocycles. The summed E-state index contributed by atoms with van der Waals surface area (Å²) in [5, 5.41) is 0. The van der Waals surface area contributed by atoms with Gasteiger partial charge in [0, 0.05) is 0 Å². The minimum absolute atomic E-state index is 0.774. The summed E-state index contributed by atoms with van der Waals surface area (Å²) >= 11 is 0. The van der Waals surface area contributed by atoms with E-state index in [9.17, 15) is 0 Å². The van der Waals surface area contributed by atoms with E-state index >= 15 is 0 Å². The summed E-state index contributed by atoms with van der Waals surface area (Å²) in [6.07, 6.45) is 6.39. The molecule has 42 valence electrons. The zero-order chi connectivity index (χ0) is 5.54. The van der Waals surface area contributed by atoms with Crippen molar-refractivity contribution in [1.82, 2.24) is 0 Å². The summed E-state index contributed by atoms with van der Waals surface area (Å²) in [7, 11) is 0. The first-order chi connectivity index (χ1) is 3.41. The SMILES string of the molecule is CCC=CCCN. The van der Waals surface area contributed by atoms with Gasteiger partial charge in [0.25, 0.3) is 0 Å². The number of hydrogen-bond donors (Lipinski definition) is 1. The van der Waals surface area contributed by atoms with Gasteiger partial charge < -0.3 is 5.73 Å². The maximum Gasteiger partial charge on any atom is -0.00426 e. The van der Waals surface area contributed by atoms with Crippen molar-refractivity contribution in [3.05, 3.63) is 12.2 Å². The fourth-order valence-electron chi connectivity index (χ4n) is 0.381. The topological polar surface area (TPSA) is 26.0 Å². The highest BCUT2D eigenvalue weighted by molar-refractivity contribution is 4.79. The summed E-state index contributed by atoms with van der Waals surface area (Å²) in [5.74, 6) is 0. The third-order valence-electron chi connectivity index (χ3n) is 0.736. The molecule has 0 aromatic heterocycles. The third-order valence-corrected chi connectivity index (χ3v) is 0.736. The molecule has 0 aliphatic carbocycles. The van der Waals surface area contributed by atoms with Crippen LogP contribution in [0, 0.1) is 0 Å². The maximum atomic E-state index is 5.22. The van der Waals surface area contributed by atoms with E-state index in [0.29, 0.717) is 0 Å². The lowest BCUT2D eigenvalue weighted by Crippen LogP contribution is -1.94. The Bertz CT molecular complexity index is 48.1. The average molecular weight is 99.2 g/mol. The van der Waals surface area contributed by atoms with E-state index in [1.165, 1.54) is 0 Å². The second-order valence-electron chi connectivity index (χ2n) is 1.46. The van der Waals surface area contributed by atoms with E-state index in [0.717, 1.165) is 19.4 Å². The molecular formula is C6H13N. The molecule has 0 aliphatic rings. The van der Waals surface area contributed by atoms with Crippen molar-refractivity contribution in [3.8, 4) is 0 Å². The normalized spacial score (nSPS) is 10.6. The van der Waals surface area contributed by atoms with Crippen molar-refractivity contribution in [3.63, 3.8) is 0 Å². The number of allylic oxidation sites excluding steroid dienone is 1. The average Bonchev–Trinajstić information content (AvgIpc) is 1.69. The monoisotopic (exact) mass is 99.1 g/mol. The standard InChI is InChI=1S/C6H13N/c1-2-3-4-5-6-7/h3-4H,2,5-7H2,1H3. The van der Waals surface area contributed by atoms with Gasteiger partial charge in [0.15, 0.2) is 0 Å². The van der Waals surface area contributed by atoms with Gasteiger partial charge in [-0.15, -0.1) is 0 Å². The molecule has 0 spiro atoms. The Balaban J connectivity index is 2.78. The largest absolute Gasteiger partial charge is 0.330 e. The van der Waals surface area contributed by atoms with Gasteiger partial charge in [-0.1, -0.05) is 19.1 Å². The van der Waals surface area contributed by atoms with Crippen LogP contribution in [0.4, 0.5) is 0 Å². The smallest absolute Gasteiger partial charge is 0.00426 e.